The fourth-order valence-electron chi connectivity index (χ4n) is 2.32. The lowest BCUT2D eigenvalue weighted by molar-refractivity contribution is -0.106. The molecule has 3 rings (SSSR count). The summed E-state index contributed by atoms with van der Waals surface area (Å²) in [5.41, 5.74) is 10.5. The molecule has 0 aliphatic heterocycles. The van der Waals surface area contributed by atoms with Crippen LogP contribution >= 0.6 is 0 Å². The molecule has 3 aromatic rings. The van der Waals surface area contributed by atoms with E-state index in [2.05, 4.69) is 5.73 Å². The Kier molecular flexibility index (Phi) is 5.33. The third-order valence-electron chi connectivity index (χ3n) is 3.33. The minimum atomic E-state index is -1.02. The van der Waals surface area contributed by atoms with Crippen LogP contribution in [0.5, 0.6) is 5.75 Å². The second kappa shape index (κ2) is 7.43. The van der Waals surface area contributed by atoms with Crippen molar-refractivity contribution in [2.45, 2.75) is 0 Å². The van der Waals surface area contributed by atoms with Crippen molar-refractivity contribution >= 4 is 23.3 Å². The number of carbonyl (C=O) groups is 2. The van der Waals surface area contributed by atoms with Crippen molar-refractivity contribution in [1.82, 2.24) is 0 Å². The summed E-state index contributed by atoms with van der Waals surface area (Å²) < 4.78 is 37.1. The molecule has 1 aromatic heterocycles. The van der Waals surface area contributed by atoms with Crippen LogP contribution in [0.25, 0.3) is 22.1 Å². The van der Waals surface area contributed by atoms with Gasteiger partial charge >= 0.3 is 0 Å². The minimum Gasteiger partial charge on any atom is -0.497 e. The van der Waals surface area contributed by atoms with E-state index in [0.717, 1.165) is 12.1 Å². The third-order valence-corrected chi connectivity index (χ3v) is 3.33. The lowest BCUT2D eigenvalue weighted by Gasteiger charge is -2.03. The SMILES string of the molecule is COc1ccc2c(-c3ccc(F)c(F)c3)c(C(N)=O)oc2c1.NC=O. The number of rotatable bonds is 3. The molecule has 0 saturated carbocycles. The molecule has 0 unspecified atom stereocenters. The summed E-state index contributed by atoms with van der Waals surface area (Å²) in [4.78, 5) is 20.2. The molecular weight excluding hydrogens is 334 g/mol. The number of methoxy groups -OCH3 is 1. The number of hydrogen-bond donors (Lipinski definition) is 2. The topological polar surface area (TPSA) is 109 Å². The fourth-order valence-corrected chi connectivity index (χ4v) is 2.32. The zero-order valence-corrected chi connectivity index (χ0v) is 13.1. The van der Waals surface area contributed by atoms with Crippen molar-refractivity contribution in [1.29, 1.82) is 0 Å². The van der Waals surface area contributed by atoms with Crippen molar-refractivity contribution in [3.8, 4) is 16.9 Å². The van der Waals surface area contributed by atoms with E-state index in [1.807, 2.05) is 0 Å². The van der Waals surface area contributed by atoms with E-state index in [0.29, 0.717) is 27.8 Å². The second-order valence-corrected chi connectivity index (χ2v) is 4.80. The quantitative estimate of drug-likeness (QED) is 0.709. The number of furan rings is 1. The highest BCUT2D eigenvalue weighted by atomic mass is 19.2. The van der Waals surface area contributed by atoms with Crippen LogP contribution in [0.15, 0.2) is 40.8 Å². The van der Waals surface area contributed by atoms with E-state index in [1.165, 1.54) is 13.2 Å². The maximum atomic E-state index is 13.5. The van der Waals surface area contributed by atoms with Crippen molar-refractivity contribution in [2.24, 2.45) is 11.5 Å². The predicted molar refractivity (Wildman–Crippen MR) is 86.9 cm³/mol. The Labute approximate surface area is 141 Å². The van der Waals surface area contributed by atoms with Gasteiger partial charge in [-0.25, -0.2) is 8.78 Å². The van der Waals surface area contributed by atoms with Crippen molar-refractivity contribution in [3.63, 3.8) is 0 Å². The molecule has 0 fully saturated rings. The zero-order chi connectivity index (χ0) is 18.6. The third kappa shape index (κ3) is 3.57. The summed E-state index contributed by atoms with van der Waals surface area (Å²) in [6, 6.07) is 8.27. The van der Waals surface area contributed by atoms with Crippen LogP contribution < -0.4 is 16.2 Å². The molecule has 130 valence electrons. The Morgan fingerprint density at radius 3 is 2.40 bits per heavy atom. The number of amides is 2. The van der Waals surface area contributed by atoms with E-state index in [-0.39, 0.29) is 12.2 Å². The van der Waals surface area contributed by atoms with Crippen LogP contribution in [-0.2, 0) is 4.79 Å². The lowest BCUT2D eigenvalue weighted by Crippen LogP contribution is -2.10. The van der Waals surface area contributed by atoms with Gasteiger partial charge in [-0.1, -0.05) is 6.07 Å². The normalized spacial score (nSPS) is 10.0. The number of nitrogens with two attached hydrogens (primary N) is 2. The molecule has 25 heavy (non-hydrogen) atoms. The number of carbonyl (C=O) groups excluding carboxylic acids is 2. The molecule has 0 saturated heterocycles. The Morgan fingerprint density at radius 1 is 1.16 bits per heavy atom. The first-order chi connectivity index (χ1) is 11.9. The summed E-state index contributed by atoms with van der Waals surface area (Å²) in [5, 5.41) is 0.556. The first-order valence-electron chi connectivity index (χ1n) is 6.94. The van der Waals surface area contributed by atoms with E-state index in [1.54, 1.807) is 18.2 Å². The Morgan fingerprint density at radius 2 is 1.84 bits per heavy atom. The Balaban J connectivity index is 0.000000701. The number of halogens is 2. The number of primary amides is 2. The van der Waals surface area contributed by atoms with Crippen LogP contribution in [0.4, 0.5) is 8.78 Å². The average molecular weight is 348 g/mol. The van der Waals surface area contributed by atoms with Crippen LogP contribution in [0.3, 0.4) is 0 Å². The molecule has 6 nitrogen and oxygen atoms in total. The highest BCUT2D eigenvalue weighted by Gasteiger charge is 2.21. The van der Waals surface area contributed by atoms with Crippen LogP contribution in [0.1, 0.15) is 10.6 Å². The molecule has 0 spiro atoms. The second-order valence-electron chi connectivity index (χ2n) is 4.80. The standard InChI is InChI=1S/C16H11F2NO3.CH3NO/c1-21-9-3-4-10-13(7-9)22-15(16(19)20)14(10)8-2-5-11(17)12(18)6-8;2-1-3/h2-7H,1H3,(H2,19,20);1H,(H2,2,3). The molecule has 1 heterocycles. The predicted octanol–water partition coefficient (Wildman–Crippen LogP) is 2.59. The molecule has 0 aliphatic carbocycles. The van der Waals surface area contributed by atoms with Gasteiger partial charge in [0.15, 0.2) is 17.4 Å². The number of ether oxygens (including phenoxy) is 1. The molecule has 2 aromatic carbocycles. The summed E-state index contributed by atoms with van der Waals surface area (Å²) in [7, 11) is 1.50. The molecule has 0 atom stereocenters. The Hall–Kier alpha value is -3.42. The van der Waals surface area contributed by atoms with Gasteiger partial charge in [0.25, 0.3) is 5.91 Å². The summed E-state index contributed by atoms with van der Waals surface area (Å²) in [5.74, 6) is -2.37. The van der Waals surface area contributed by atoms with Crippen LogP contribution in [0.2, 0.25) is 0 Å². The van der Waals surface area contributed by atoms with E-state index < -0.39 is 17.5 Å². The molecule has 8 heteroatoms. The minimum absolute atomic E-state index is 0.116. The molecular formula is C17H14F2N2O4. The van der Waals surface area contributed by atoms with Gasteiger partial charge in [-0.15, -0.1) is 0 Å². The smallest absolute Gasteiger partial charge is 0.285 e. The van der Waals surface area contributed by atoms with Gasteiger partial charge in [0, 0.05) is 17.0 Å². The highest BCUT2D eigenvalue weighted by molar-refractivity contribution is 6.07. The average Bonchev–Trinajstić information content (AvgIpc) is 2.97. The molecule has 2 amide bonds. The van der Waals surface area contributed by atoms with E-state index in [4.69, 9.17) is 19.7 Å². The molecule has 0 aliphatic rings. The first kappa shape index (κ1) is 17.9. The number of fused-ring (bicyclic) bond motifs is 1. The number of benzene rings is 2. The van der Waals surface area contributed by atoms with Gasteiger partial charge < -0.3 is 20.6 Å². The fraction of sp³-hybridized carbons (Fsp3) is 0.0588. The van der Waals surface area contributed by atoms with E-state index >= 15 is 0 Å². The van der Waals surface area contributed by atoms with E-state index in [9.17, 15) is 13.6 Å². The van der Waals surface area contributed by atoms with Gasteiger partial charge in [0.1, 0.15) is 11.3 Å². The summed E-state index contributed by atoms with van der Waals surface area (Å²) >= 11 is 0. The van der Waals surface area contributed by atoms with Gasteiger partial charge in [-0.3, -0.25) is 9.59 Å². The zero-order valence-electron chi connectivity index (χ0n) is 13.1. The van der Waals surface area contributed by atoms with Gasteiger partial charge in [-0.2, -0.15) is 0 Å². The van der Waals surface area contributed by atoms with Gasteiger partial charge in [0.05, 0.1) is 7.11 Å². The van der Waals surface area contributed by atoms with Crippen molar-refractivity contribution in [2.75, 3.05) is 7.11 Å². The first-order valence-corrected chi connectivity index (χ1v) is 6.94. The van der Waals surface area contributed by atoms with Gasteiger partial charge in [0.2, 0.25) is 6.41 Å². The Bertz CT molecular complexity index is 938. The molecule has 0 radical (unpaired) electrons. The van der Waals surface area contributed by atoms with Gasteiger partial charge in [-0.05, 0) is 29.8 Å². The lowest BCUT2D eigenvalue weighted by atomic mass is 10.0. The summed E-state index contributed by atoms with van der Waals surface area (Å²) in [6.07, 6.45) is 0.250. The van der Waals surface area contributed by atoms with Crippen LogP contribution in [-0.4, -0.2) is 19.4 Å². The largest absolute Gasteiger partial charge is 0.497 e. The highest BCUT2D eigenvalue weighted by Crippen LogP contribution is 2.36. The molecule has 0 bridgehead atoms. The van der Waals surface area contributed by atoms with Crippen molar-refractivity contribution < 1.29 is 27.5 Å². The van der Waals surface area contributed by atoms with Crippen molar-refractivity contribution in [3.05, 3.63) is 53.8 Å². The maximum Gasteiger partial charge on any atom is 0.285 e. The summed E-state index contributed by atoms with van der Waals surface area (Å²) in [6.45, 7) is 0. The maximum absolute atomic E-state index is 13.5. The number of hydrogen-bond acceptors (Lipinski definition) is 4. The monoisotopic (exact) mass is 348 g/mol. The van der Waals surface area contributed by atoms with Crippen LogP contribution in [0, 0.1) is 11.6 Å². The molecule has 4 N–H and O–H groups in total.